The summed E-state index contributed by atoms with van der Waals surface area (Å²) in [5.74, 6) is 3.73. The van der Waals surface area contributed by atoms with E-state index in [2.05, 4.69) is 40.7 Å². The summed E-state index contributed by atoms with van der Waals surface area (Å²) < 4.78 is 0. The fraction of sp³-hybridized carbons (Fsp3) is 0.972. The van der Waals surface area contributed by atoms with Gasteiger partial charge in [-0.15, -0.1) is 0 Å². The smallest absolute Gasteiger partial charge is 0.0621 e. The lowest BCUT2D eigenvalue weighted by molar-refractivity contribution is 0.365. The van der Waals surface area contributed by atoms with Crippen molar-refractivity contribution in [2.45, 2.75) is 202 Å². The predicted molar refractivity (Wildman–Crippen MR) is 168 cm³/mol. The second kappa shape index (κ2) is 28.5. The highest BCUT2D eigenvalue weighted by atomic mass is 14.2. The van der Waals surface area contributed by atoms with Gasteiger partial charge < -0.3 is 0 Å². The zero-order chi connectivity index (χ0) is 27.4. The van der Waals surface area contributed by atoms with Crippen LogP contribution < -0.4 is 0 Å². The minimum atomic E-state index is 0.746. The van der Waals surface area contributed by atoms with Gasteiger partial charge >= 0.3 is 0 Å². The molecule has 0 bridgehead atoms. The Balaban J connectivity index is 3.44. The van der Waals surface area contributed by atoms with Crippen LogP contribution in [0.1, 0.15) is 202 Å². The lowest BCUT2D eigenvalue weighted by atomic mass is 9.89. The minimum Gasteiger partial charge on any atom is -0.198 e. The lowest BCUT2D eigenvalue weighted by Crippen LogP contribution is -2.02. The van der Waals surface area contributed by atoms with Crippen LogP contribution in [0, 0.1) is 35.0 Å². The number of hydrogen-bond acceptors (Lipinski definition) is 1. The van der Waals surface area contributed by atoms with Crippen LogP contribution in [0.4, 0.5) is 0 Å². The van der Waals surface area contributed by atoms with Crippen LogP contribution in [0.25, 0.3) is 0 Å². The Bertz CT molecular complexity index is 478. The highest BCUT2D eigenvalue weighted by Crippen LogP contribution is 2.24. The molecule has 220 valence electrons. The van der Waals surface area contributed by atoms with E-state index < -0.39 is 0 Å². The monoisotopic (exact) mass is 518 g/mol. The van der Waals surface area contributed by atoms with Crippen LogP contribution in [0.2, 0.25) is 0 Å². The lowest BCUT2D eigenvalue weighted by Gasteiger charge is -2.17. The first-order chi connectivity index (χ1) is 18.0. The van der Waals surface area contributed by atoms with Gasteiger partial charge in [0, 0.05) is 6.42 Å². The van der Waals surface area contributed by atoms with Crippen LogP contribution in [0.15, 0.2) is 0 Å². The maximum Gasteiger partial charge on any atom is 0.0621 e. The van der Waals surface area contributed by atoms with Crippen molar-refractivity contribution in [3.05, 3.63) is 0 Å². The van der Waals surface area contributed by atoms with Gasteiger partial charge in [0.1, 0.15) is 0 Å². The van der Waals surface area contributed by atoms with E-state index in [0.717, 1.165) is 36.5 Å². The summed E-state index contributed by atoms with van der Waals surface area (Å²) >= 11 is 0. The zero-order valence-corrected chi connectivity index (χ0v) is 26.6. The highest BCUT2D eigenvalue weighted by Gasteiger charge is 2.09. The average molecular weight is 518 g/mol. The fourth-order valence-corrected chi connectivity index (χ4v) is 6.05. The van der Waals surface area contributed by atoms with Crippen molar-refractivity contribution >= 4 is 0 Å². The van der Waals surface area contributed by atoms with Crippen molar-refractivity contribution in [2.24, 2.45) is 23.7 Å². The molecule has 0 fully saturated rings. The molecule has 0 amide bonds. The van der Waals surface area contributed by atoms with Gasteiger partial charge in [-0.25, -0.2) is 0 Å². The van der Waals surface area contributed by atoms with E-state index in [1.54, 1.807) is 0 Å². The number of rotatable bonds is 29. The van der Waals surface area contributed by atoms with Gasteiger partial charge in [-0.2, -0.15) is 5.26 Å². The summed E-state index contributed by atoms with van der Waals surface area (Å²) in [5, 5.41) is 8.55. The summed E-state index contributed by atoms with van der Waals surface area (Å²) in [7, 11) is 0. The molecule has 0 spiro atoms. The molecule has 0 aliphatic heterocycles. The van der Waals surface area contributed by atoms with Gasteiger partial charge in [-0.05, 0) is 30.1 Å². The third kappa shape index (κ3) is 28.3. The standard InChI is InChI=1S/C36H71N/c1-6-7-18-24-33(2)26-21-28-35(4)30-23-31-36(5)29-22-27-34(3)25-19-16-14-12-10-8-9-11-13-15-17-20-32-37/h33-36H,6-31H2,1-5H3. The molecule has 37 heavy (non-hydrogen) atoms. The Hall–Kier alpha value is -0.510. The molecular formula is C36H71N. The van der Waals surface area contributed by atoms with Crippen molar-refractivity contribution in [3.63, 3.8) is 0 Å². The molecule has 0 saturated carbocycles. The normalized spacial score (nSPS) is 14.8. The Morgan fingerprint density at radius 3 is 0.973 bits per heavy atom. The van der Waals surface area contributed by atoms with E-state index in [0.29, 0.717) is 0 Å². The molecule has 0 N–H and O–H groups in total. The number of unbranched alkanes of at least 4 members (excludes halogenated alkanes) is 13. The van der Waals surface area contributed by atoms with E-state index in [-0.39, 0.29) is 0 Å². The van der Waals surface area contributed by atoms with E-state index in [1.807, 2.05) is 0 Å². The maximum absolute atomic E-state index is 8.55. The molecule has 4 unspecified atom stereocenters. The molecular weight excluding hydrogens is 446 g/mol. The molecule has 4 atom stereocenters. The Morgan fingerprint density at radius 2 is 0.649 bits per heavy atom. The van der Waals surface area contributed by atoms with Crippen LogP contribution in [-0.2, 0) is 0 Å². The maximum atomic E-state index is 8.55. The van der Waals surface area contributed by atoms with Gasteiger partial charge in [0.2, 0.25) is 0 Å². The Labute approximate surface area is 236 Å². The topological polar surface area (TPSA) is 23.8 Å². The molecule has 0 aromatic rings. The summed E-state index contributed by atoms with van der Waals surface area (Å²) in [6.07, 6.45) is 36.0. The molecule has 0 radical (unpaired) electrons. The van der Waals surface area contributed by atoms with Crippen LogP contribution in [0.3, 0.4) is 0 Å². The average Bonchev–Trinajstić information content (AvgIpc) is 2.87. The molecule has 0 aliphatic carbocycles. The van der Waals surface area contributed by atoms with Crippen molar-refractivity contribution in [2.75, 3.05) is 0 Å². The number of nitrogens with zero attached hydrogens (tertiary/aromatic N) is 1. The van der Waals surface area contributed by atoms with E-state index >= 15 is 0 Å². The van der Waals surface area contributed by atoms with Gasteiger partial charge in [-0.3, -0.25) is 0 Å². The van der Waals surface area contributed by atoms with Gasteiger partial charge in [0.05, 0.1) is 6.07 Å². The largest absolute Gasteiger partial charge is 0.198 e. The number of nitriles is 1. The minimum absolute atomic E-state index is 0.746. The molecule has 1 nitrogen and oxygen atoms in total. The van der Waals surface area contributed by atoms with E-state index in [1.165, 1.54) is 154 Å². The summed E-state index contributed by atoms with van der Waals surface area (Å²) in [6.45, 7) is 12.3. The second-order valence-corrected chi connectivity index (χ2v) is 13.3. The predicted octanol–water partition coefficient (Wildman–Crippen LogP) is 13.2. The molecule has 0 heterocycles. The van der Waals surface area contributed by atoms with Gasteiger partial charge in [-0.1, -0.05) is 189 Å². The van der Waals surface area contributed by atoms with Crippen molar-refractivity contribution < 1.29 is 0 Å². The molecule has 0 aromatic heterocycles. The van der Waals surface area contributed by atoms with Crippen LogP contribution in [-0.4, -0.2) is 0 Å². The summed E-state index contributed by atoms with van der Waals surface area (Å²) in [5.41, 5.74) is 0. The summed E-state index contributed by atoms with van der Waals surface area (Å²) in [6, 6.07) is 2.25. The SMILES string of the molecule is CCCCCC(C)CCCC(C)CCCC(C)CCCC(C)CCCCCCCCCCCCCC#N. The third-order valence-electron chi connectivity index (χ3n) is 8.97. The first-order valence-electron chi connectivity index (χ1n) is 17.4. The van der Waals surface area contributed by atoms with Crippen LogP contribution >= 0.6 is 0 Å². The molecule has 0 aliphatic rings. The molecule has 0 aromatic carbocycles. The first kappa shape index (κ1) is 36.5. The van der Waals surface area contributed by atoms with E-state index in [9.17, 15) is 0 Å². The second-order valence-electron chi connectivity index (χ2n) is 13.3. The Morgan fingerprint density at radius 1 is 0.378 bits per heavy atom. The van der Waals surface area contributed by atoms with Gasteiger partial charge in [0.25, 0.3) is 0 Å². The summed E-state index contributed by atoms with van der Waals surface area (Å²) in [4.78, 5) is 0. The van der Waals surface area contributed by atoms with Crippen molar-refractivity contribution in [1.29, 1.82) is 5.26 Å². The quantitative estimate of drug-likeness (QED) is 0.0905. The van der Waals surface area contributed by atoms with E-state index in [4.69, 9.17) is 5.26 Å². The zero-order valence-electron chi connectivity index (χ0n) is 26.6. The number of hydrogen-bond donors (Lipinski definition) is 0. The first-order valence-corrected chi connectivity index (χ1v) is 17.4. The van der Waals surface area contributed by atoms with Crippen LogP contribution in [0.5, 0.6) is 0 Å². The van der Waals surface area contributed by atoms with Gasteiger partial charge in [0.15, 0.2) is 0 Å². The van der Waals surface area contributed by atoms with Crippen molar-refractivity contribution in [3.8, 4) is 6.07 Å². The third-order valence-corrected chi connectivity index (χ3v) is 8.97. The van der Waals surface area contributed by atoms with Crippen molar-refractivity contribution in [1.82, 2.24) is 0 Å². The molecule has 0 saturated heterocycles. The fourth-order valence-electron chi connectivity index (χ4n) is 6.05. The highest BCUT2D eigenvalue weighted by molar-refractivity contribution is 4.67. The molecule has 0 rings (SSSR count). The Kier molecular flexibility index (Phi) is 28.1. The molecule has 1 heteroatoms.